The molecule has 0 amide bonds. The highest BCUT2D eigenvalue weighted by molar-refractivity contribution is 5.90. The van der Waals surface area contributed by atoms with Crippen molar-refractivity contribution in [3.63, 3.8) is 0 Å². The summed E-state index contributed by atoms with van der Waals surface area (Å²) in [5.41, 5.74) is 2.33. The Balaban J connectivity index is 0.000000195. The molecule has 5 aromatic rings. The lowest BCUT2D eigenvalue weighted by Gasteiger charge is -2.29. The first kappa shape index (κ1) is 23.5. The van der Waals surface area contributed by atoms with Crippen molar-refractivity contribution >= 4 is 16.9 Å². The summed E-state index contributed by atoms with van der Waals surface area (Å²) in [6.07, 6.45) is 0. The van der Waals surface area contributed by atoms with Gasteiger partial charge in [0, 0.05) is 46.7 Å². The van der Waals surface area contributed by atoms with Crippen molar-refractivity contribution in [3.8, 4) is 28.7 Å². The fourth-order valence-electron chi connectivity index (χ4n) is 4.31. The molecule has 0 saturated carbocycles. The SMILES string of the molecule is O=C(O)c1ccccc1C1c2ccc(O)cc2Oc2cc(O)ccc21.O=c1ccc2ccc(O)cc2o1. The van der Waals surface area contributed by atoms with Crippen molar-refractivity contribution in [1.82, 2.24) is 0 Å². The molecule has 0 aliphatic carbocycles. The number of carbonyl (C=O) groups is 1. The van der Waals surface area contributed by atoms with Gasteiger partial charge in [0.2, 0.25) is 0 Å². The Bertz CT molecular complexity index is 1650. The van der Waals surface area contributed by atoms with Crippen LogP contribution in [0.5, 0.6) is 28.7 Å². The zero-order valence-corrected chi connectivity index (χ0v) is 19.2. The molecule has 0 atom stereocenters. The van der Waals surface area contributed by atoms with Crippen LogP contribution in [0.2, 0.25) is 0 Å². The second kappa shape index (κ2) is 9.43. The summed E-state index contributed by atoms with van der Waals surface area (Å²) in [5.74, 6) is -0.335. The van der Waals surface area contributed by atoms with Gasteiger partial charge in [0.25, 0.3) is 0 Å². The lowest BCUT2D eigenvalue weighted by molar-refractivity contribution is 0.0695. The molecular formula is C29H20O8. The van der Waals surface area contributed by atoms with Crippen LogP contribution in [0.25, 0.3) is 11.0 Å². The Morgan fingerprint density at radius 3 is 1.89 bits per heavy atom. The number of hydrogen-bond donors (Lipinski definition) is 4. The summed E-state index contributed by atoms with van der Waals surface area (Å²) in [7, 11) is 0. The van der Waals surface area contributed by atoms with Gasteiger partial charge >= 0.3 is 11.6 Å². The van der Waals surface area contributed by atoms with E-state index >= 15 is 0 Å². The van der Waals surface area contributed by atoms with Crippen molar-refractivity contribution in [1.29, 1.82) is 0 Å². The Morgan fingerprint density at radius 1 is 0.676 bits per heavy atom. The Kier molecular flexibility index (Phi) is 5.99. The van der Waals surface area contributed by atoms with Gasteiger partial charge in [-0.1, -0.05) is 30.3 Å². The average molecular weight is 496 g/mol. The highest BCUT2D eigenvalue weighted by Crippen LogP contribution is 2.49. The predicted octanol–water partition coefficient (Wildman–Crippen LogP) is 5.58. The zero-order chi connectivity index (χ0) is 26.1. The Morgan fingerprint density at radius 2 is 1.24 bits per heavy atom. The standard InChI is InChI=1S/C20H14O5.C9H6O3/c21-11-5-7-15-17(9-11)25-18-10-12(22)6-8-16(18)19(15)13-3-1-2-4-14(13)20(23)24;10-7-3-1-6-2-4-9(11)12-8(6)5-7/h1-10,19,21-22H,(H,23,24);1-5,10H. The van der Waals surface area contributed by atoms with Crippen LogP contribution < -0.4 is 10.4 Å². The van der Waals surface area contributed by atoms with Crippen molar-refractivity contribution < 1.29 is 34.4 Å². The van der Waals surface area contributed by atoms with E-state index in [1.165, 1.54) is 24.3 Å². The maximum Gasteiger partial charge on any atom is 0.336 e. The van der Waals surface area contributed by atoms with Gasteiger partial charge in [-0.2, -0.15) is 0 Å². The third kappa shape index (κ3) is 4.68. The lowest BCUT2D eigenvalue weighted by atomic mass is 9.80. The Hall–Kier alpha value is -5.24. The van der Waals surface area contributed by atoms with E-state index in [1.807, 2.05) is 0 Å². The number of benzene rings is 4. The summed E-state index contributed by atoms with van der Waals surface area (Å²) >= 11 is 0. The number of carboxylic acid groups (broad SMARTS) is 1. The first-order chi connectivity index (χ1) is 17.8. The molecule has 8 nitrogen and oxygen atoms in total. The molecule has 0 unspecified atom stereocenters. The molecule has 0 bridgehead atoms. The maximum atomic E-state index is 11.7. The van der Waals surface area contributed by atoms with Crippen molar-refractivity contribution in [2.45, 2.75) is 5.92 Å². The minimum atomic E-state index is -1.01. The number of aromatic carboxylic acids is 1. The summed E-state index contributed by atoms with van der Waals surface area (Å²) in [5, 5.41) is 39.0. The predicted molar refractivity (Wildman–Crippen MR) is 135 cm³/mol. The largest absolute Gasteiger partial charge is 0.508 e. The van der Waals surface area contributed by atoms with Crippen molar-refractivity contribution in [2.75, 3.05) is 0 Å². The van der Waals surface area contributed by atoms with Gasteiger partial charge < -0.3 is 29.6 Å². The molecule has 1 aromatic heterocycles. The number of rotatable bonds is 2. The number of fused-ring (bicyclic) bond motifs is 3. The molecule has 37 heavy (non-hydrogen) atoms. The van der Waals surface area contributed by atoms with Crippen LogP contribution in [0, 0.1) is 0 Å². The fraction of sp³-hybridized carbons (Fsp3) is 0.0345. The first-order valence-corrected chi connectivity index (χ1v) is 11.2. The molecule has 4 N–H and O–H groups in total. The van der Waals surface area contributed by atoms with Crippen molar-refractivity contribution in [2.24, 2.45) is 0 Å². The molecular weight excluding hydrogens is 476 g/mol. The number of phenols is 3. The van der Waals surface area contributed by atoms with Gasteiger partial charge in [0.1, 0.15) is 34.3 Å². The lowest BCUT2D eigenvalue weighted by Crippen LogP contribution is -2.15. The van der Waals surface area contributed by atoms with Gasteiger partial charge in [-0.3, -0.25) is 0 Å². The second-order valence-corrected chi connectivity index (χ2v) is 8.35. The first-order valence-electron chi connectivity index (χ1n) is 11.2. The van der Waals surface area contributed by atoms with E-state index in [-0.39, 0.29) is 28.7 Å². The third-order valence-corrected chi connectivity index (χ3v) is 5.95. The number of aromatic hydroxyl groups is 3. The highest BCUT2D eigenvalue weighted by atomic mass is 16.5. The van der Waals surface area contributed by atoms with Crippen LogP contribution in [0.3, 0.4) is 0 Å². The summed E-state index contributed by atoms with van der Waals surface area (Å²) < 4.78 is 10.7. The second-order valence-electron chi connectivity index (χ2n) is 8.35. The van der Waals surface area contributed by atoms with E-state index < -0.39 is 11.6 Å². The van der Waals surface area contributed by atoms with Crippen LogP contribution in [0.1, 0.15) is 33.0 Å². The molecule has 4 aromatic carbocycles. The van der Waals surface area contributed by atoms with E-state index in [9.17, 15) is 24.9 Å². The maximum absolute atomic E-state index is 11.7. The molecule has 0 fully saturated rings. The van der Waals surface area contributed by atoms with E-state index in [0.29, 0.717) is 22.6 Å². The van der Waals surface area contributed by atoms with Gasteiger partial charge in [0.15, 0.2) is 0 Å². The van der Waals surface area contributed by atoms with Crippen LogP contribution >= 0.6 is 0 Å². The number of carboxylic acids is 1. The average Bonchev–Trinajstić information content (AvgIpc) is 2.87. The van der Waals surface area contributed by atoms with Gasteiger partial charge in [-0.15, -0.1) is 0 Å². The zero-order valence-electron chi connectivity index (χ0n) is 19.2. The molecule has 8 heteroatoms. The molecule has 0 radical (unpaired) electrons. The van der Waals surface area contributed by atoms with E-state index in [4.69, 9.17) is 14.3 Å². The minimum absolute atomic E-state index is 0.0487. The topological polar surface area (TPSA) is 137 Å². The molecule has 6 rings (SSSR count). The number of hydrogen-bond acceptors (Lipinski definition) is 7. The molecule has 1 aliphatic heterocycles. The smallest absolute Gasteiger partial charge is 0.336 e. The Labute approximate surface area is 209 Å². The fourth-order valence-corrected chi connectivity index (χ4v) is 4.31. The number of phenolic OH excluding ortho intramolecular Hbond substituents is 3. The summed E-state index contributed by atoms with van der Waals surface area (Å²) in [6, 6.07) is 24.0. The van der Waals surface area contributed by atoms with Gasteiger partial charge in [-0.05, 0) is 42.0 Å². The molecule has 0 saturated heterocycles. The van der Waals surface area contributed by atoms with Crippen LogP contribution in [0.15, 0.2) is 100 Å². The monoisotopic (exact) mass is 496 g/mol. The van der Waals surface area contributed by atoms with Gasteiger partial charge in [-0.25, -0.2) is 9.59 Å². The highest BCUT2D eigenvalue weighted by Gasteiger charge is 2.31. The van der Waals surface area contributed by atoms with E-state index in [0.717, 1.165) is 16.5 Å². The van der Waals surface area contributed by atoms with Crippen LogP contribution in [-0.2, 0) is 0 Å². The molecule has 2 heterocycles. The summed E-state index contributed by atoms with van der Waals surface area (Å²) in [6.45, 7) is 0. The third-order valence-electron chi connectivity index (χ3n) is 5.95. The van der Waals surface area contributed by atoms with E-state index in [2.05, 4.69) is 0 Å². The minimum Gasteiger partial charge on any atom is -0.508 e. The summed E-state index contributed by atoms with van der Waals surface area (Å²) in [4.78, 5) is 22.4. The van der Waals surface area contributed by atoms with E-state index in [1.54, 1.807) is 66.7 Å². The molecule has 1 aliphatic rings. The van der Waals surface area contributed by atoms with Crippen LogP contribution in [0.4, 0.5) is 0 Å². The molecule has 184 valence electrons. The van der Waals surface area contributed by atoms with Crippen molar-refractivity contribution in [3.05, 3.63) is 124 Å². The molecule has 0 spiro atoms. The quantitative estimate of drug-likeness (QED) is 0.228. The van der Waals surface area contributed by atoms with Crippen LogP contribution in [-0.4, -0.2) is 26.4 Å². The number of ether oxygens (including phenoxy) is 1. The normalized spacial score (nSPS) is 12.0. The van der Waals surface area contributed by atoms with Gasteiger partial charge in [0.05, 0.1) is 5.56 Å².